The van der Waals surface area contributed by atoms with Gasteiger partial charge in [0.15, 0.2) is 0 Å². The molecule has 0 saturated carbocycles. The van der Waals surface area contributed by atoms with E-state index in [1.54, 1.807) is 0 Å². The van der Waals surface area contributed by atoms with Gasteiger partial charge in [-0.05, 0) is 107 Å². The normalized spacial score (nSPS) is 12.1. The van der Waals surface area contributed by atoms with Crippen LogP contribution in [0.4, 0.5) is 0 Å². The van der Waals surface area contributed by atoms with Crippen LogP contribution in [0.3, 0.4) is 0 Å². The quantitative estimate of drug-likeness (QED) is 0.174. The fourth-order valence-electron chi connectivity index (χ4n) is 11.2. The number of rotatable bonds is 4. The molecule has 0 spiro atoms. The van der Waals surface area contributed by atoms with E-state index >= 15 is 0 Å². The molecule has 0 radical (unpaired) electrons. The van der Waals surface area contributed by atoms with Crippen molar-refractivity contribution >= 4 is 87.2 Å². The third kappa shape index (κ3) is 5.08. The Bertz CT molecular complexity index is 3990. The van der Waals surface area contributed by atoms with Gasteiger partial charge in [0, 0.05) is 48.7 Å². The average Bonchev–Trinajstić information content (AvgIpc) is 4.03. The van der Waals surface area contributed by atoms with Crippen LogP contribution in [0.2, 0.25) is 0 Å². The topological polar surface area (TPSA) is 43.5 Å². The first-order chi connectivity index (χ1) is 31.8. The molecular weight excluding hydrogens is 791 g/mol. The number of para-hydroxylation sites is 4. The first-order valence-corrected chi connectivity index (χ1v) is 22.4. The van der Waals surface area contributed by atoms with Crippen LogP contribution in [0, 0.1) is 45.9 Å². The van der Waals surface area contributed by atoms with Crippen LogP contribution in [0.25, 0.3) is 110 Å². The van der Waals surface area contributed by atoms with E-state index in [4.69, 9.17) is 0 Å². The van der Waals surface area contributed by atoms with Gasteiger partial charge in [-0.3, -0.25) is 0 Å². The van der Waals surface area contributed by atoms with Gasteiger partial charge in [-0.2, -0.15) is 5.26 Å². The van der Waals surface area contributed by atoms with E-state index in [2.05, 4.69) is 229 Å². The molecule has 9 aromatic carbocycles. The zero-order valence-electron chi connectivity index (χ0n) is 36.9. The van der Waals surface area contributed by atoms with Crippen LogP contribution in [-0.4, -0.2) is 18.3 Å². The van der Waals surface area contributed by atoms with Crippen molar-refractivity contribution in [2.75, 3.05) is 0 Å². The minimum Gasteiger partial charge on any atom is -0.307 e. The smallest absolute Gasteiger partial charge is 0.104 e. The molecule has 13 aromatic rings. The van der Waals surface area contributed by atoms with Crippen molar-refractivity contribution in [2.45, 2.75) is 34.6 Å². The molecule has 308 valence electrons. The lowest BCUT2D eigenvalue weighted by molar-refractivity contribution is 1.01. The molecule has 5 nitrogen and oxygen atoms in total. The van der Waals surface area contributed by atoms with Crippen LogP contribution < -0.4 is 0 Å². The Balaban J connectivity index is 1.37. The summed E-state index contributed by atoms with van der Waals surface area (Å²) in [5.41, 5.74) is 18.6. The van der Waals surface area contributed by atoms with Crippen LogP contribution in [0.1, 0.15) is 33.4 Å². The van der Waals surface area contributed by atoms with Crippen molar-refractivity contribution in [1.29, 1.82) is 5.26 Å². The Kier molecular flexibility index (Phi) is 7.78. The summed E-state index contributed by atoms with van der Waals surface area (Å²) in [5, 5.41) is 21.7. The van der Waals surface area contributed by atoms with Crippen molar-refractivity contribution in [3.05, 3.63) is 203 Å². The van der Waals surface area contributed by atoms with E-state index in [0.717, 1.165) is 94.0 Å². The Labute approximate surface area is 375 Å². The molecule has 0 saturated heterocycles. The molecule has 0 amide bonds. The molecule has 0 atom stereocenters. The molecule has 5 heteroatoms. The minimum atomic E-state index is 0.586. The van der Waals surface area contributed by atoms with Gasteiger partial charge in [0.05, 0.1) is 66.9 Å². The number of hydrogen-bond donors (Lipinski definition) is 0. The SMILES string of the molecule is Cc1ccc2c(c1)c1ccccc1n2-c1c(C)c(-n2c3ccccc3c3cc(C)ccc32)c(-n2c3ccccc3c3cc(C)ccc32)c(C#N)c1-n1c2ccccc2c2cc(C)ccc21. The molecule has 0 aliphatic rings. The molecule has 0 N–H and O–H groups in total. The van der Waals surface area contributed by atoms with Crippen molar-refractivity contribution in [2.24, 2.45) is 0 Å². The number of benzene rings is 9. The summed E-state index contributed by atoms with van der Waals surface area (Å²) in [6.07, 6.45) is 0. The van der Waals surface area contributed by atoms with Crippen molar-refractivity contribution in [3.63, 3.8) is 0 Å². The fourth-order valence-corrected chi connectivity index (χ4v) is 11.2. The van der Waals surface area contributed by atoms with Crippen molar-refractivity contribution < 1.29 is 0 Å². The van der Waals surface area contributed by atoms with Crippen LogP contribution in [0.15, 0.2) is 170 Å². The second kappa shape index (κ2) is 13.6. The highest BCUT2D eigenvalue weighted by Crippen LogP contribution is 2.48. The number of aryl methyl sites for hydroxylation is 4. The monoisotopic (exact) mass is 833 g/mol. The molecule has 0 aliphatic heterocycles. The van der Waals surface area contributed by atoms with Crippen molar-refractivity contribution in [1.82, 2.24) is 18.3 Å². The molecule has 0 bridgehead atoms. The first kappa shape index (κ1) is 37.2. The van der Waals surface area contributed by atoms with E-state index < -0.39 is 0 Å². The standard InChI is InChI=1S/C60H43N5/c1-35-22-26-53-44(30-35)40-14-6-10-18-49(40)62(53)57-39(5)58(63-50-19-11-7-15-41(50)45-31-36(2)23-27-54(45)63)60(65-52-21-13-9-17-43(52)47-33-38(4)25-29-56(47)65)48(34-61)59(57)64-51-20-12-8-16-42(51)46-32-37(3)24-28-55(46)64/h6-33H,1-5H3. The van der Waals surface area contributed by atoms with Gasteiger partial charge >= 0.3 is 0 Å². The second-order valence-electron chi connectivity index (χ2n) is 18.0. The Morgan fingerprint density at radius 2 is 0.538 bits per heavy atom. The molecule has 0 aliphatic carbocycles. The lowest BCUT2D eigenvalue weighted by Gasteiger charge is -2.28. The number of fused-ring (bicyclic) bond motifs is 12. The Morgan fingerprint density at radius 1 is 0.292 bits per heavy atom. The zero-order chi connectivity index (χ0) is 43.8. The first-order valence-electron chi connectivity index (χ1n) is 22.4. The molecule has 13 rings (SSSR count). The summed E-state index contributed by atoms with van der Waals surface area (Å²) >= 11 is 0. The largest absolute Gasteiger partial charge is 0.307 e. The van der Waals surface area contributed by atoms with Gasteiger partial charge in [-0.25, -0.2) is 0 Å². The molecule has 65 heavy (non-hydrogen) atoms. The maximum atomic E-state index is 12.4. The van der Waals surface area contributed by atoms with Crippen LogP contribution in [-0.2, 0) is 0 Å². The lowest BCUT2D eigenvalue weighted by atomic mass is 9.99. The molecule has 4 aromatic heterocycles. The summed E-state index contributed by atoms with van der Waals surface area (Å²) in [6, 6.07) is 64.9. The predicted octanol–water partition coefficient (Wildman–Crippen LogP) is 15.5. The number of nitrogens with zero attached hydrogens (tertiary/aromatic N) is 5. The van der Waals surface area contributed by atoms with Gasteiger partial charge in [0.25, 0.3) is 0 Å². The fraction of sp³-hybridized carbons (Fsp3) is 0.0833. The molecule has 4 heterocycles. The van der Waals surface area contributed by atoms with Gasteiger partial charge in [0.2, 0.25) is 0 Å². The predicted molar refractivity (Wildman–Crippen MR) is 272 cm³/mol. The Hall–Kier alpha value is -8.33. The third-order valence-corrected chi connectivity index (χ3v) is 14.0. The van der Waals surface area contributed by atoms with Gasteiger partial charge in [-0.15, -0.1) is 0 Å². The van der Waals surface area contributed by atoms with Crippen LogP contribution in [0.5, 0.6) is 0 Å². The minimum absolute atomic E-state index is 0.586. The summed E-state index contributed by atoms with van der Waals surface area (Å²) in [6.45, 7) is 10.9. The average molecular weight is 834 g/mol. The highest BCUT2D eigenvalue weighted by atomic mass is 15.1. The van der Waals surface area contributed by atoms with E-state index in [1.807, 2.05) is 0 Å². The van der Waals surface area contributed by atoms with Crippen LogP contribution >= 0.6 is 0 Å². The summed E-state index contributed by atoms with van der Waals surface area (Å²) in [7, 11) is 0. The van der Waals surface area contributed by atoms with Crippen molar-refractivity contribution in [3.8, 4) is 28.8 Å². The second-order valence-corrected chi connectivity index (χ2v) is 18.0. The van der Waals surface area contributed by atoms with Gasteiger partial charge in [0.1, 0.15) is 11.6 Å². The third-order valence-electron chi connectivity index (χ3n) is 14.0. The number of aromatic nitrogens is 4. The van der Waals surface area contributed by atoms with E-state index in [1.165, 1.54) is 43.8 Å². The molecular formula is C60H43N5. The highest BCUT2D eigenvalue weighted by Gasteiger charge is 2.33. The Morgan fingerprint density at radius 3 is 0.815 bits per heavy atom. The maximum Gasteiger partial charge on any atom is 0.104 e. The van der Waals surface area contributed by atoms with Gasteiger partial charge in [-0.1, -0.05) is 119 Å². The number of nitriles is 1. The molecule has 0 fully saturated rings. The summed E-state index contributed by atoms with van der Waals surface area (Å²) in [4.78, 5) is 0. The van der Waals surface area contributed by atoms with E-state index in [0.29, 0.717) is 5.56 Å². The zero-order valence-corrected chi connectivity index (χ0v) is 36.9. The number of hydrogen-bond acceptors (Lipinski definition) is 1. The summed E-state index contributed by atoms with van der Waals surface area (Å²) < 4.78 is 9.68. The summed E-state index contributed by atoms with van der Waals surface area (Å²) in [5.74, 6) is 0. The molecule has 0 unspecified atom stereocenters. The van der Waals surface area contributed by atoms with E-state index in [9.17, 15) is 5.26 Å². The van der Waals surface area contributed by atoms with Gasteiger partial charge < -0.3 is 18.3 Å². The lowest BCUT2D eigenvalue weighted by Crippen LogP contribution is -2.16. The maximum absolute atomic E-state index is 12.4. The highest BCUT2D eigenvalue weighted by molar-refractivity contribution is 6.15. The van der Waals surface area contributed by atoms with E-state index in [-0.39, 0.29) is 0 Å².